The minimum absolute atomic E-state index is 0.0622. The Morgan fingerprint density at radius 3 is 1.27 bits per heavy atom. The molecule has 0 saturated carbocycles. The number of carbonyl (C=O) groups excluding carboxylic acids is 4. The predicted molar refractivity (Wildman–Crippen MR) is 186 cm³/mol. The van der Waals surface area contributed by atoms with Gasteiger partial charge in [0.25, 0.3) is 0 Å². The molecule has 11 nitrogen and oxygen atoms in total. The number of alkyl carbamates (subject to hydrolysis) is 2. The van der Waals surface area contributed by atoms with Crippen LogP contribution in [0.15, 0.2) is 60.7 Å². The number of aliphatic hydroxyl groups is 1. The first kappa shape index (κ1) is 40.1. The molecule has 2 aromatic carbocycles. The van der Waals surface area contributed by atoms with E-state index >= 15 is 0 Å². The highest BCUT2D eigenvalue weighted by molar-refractivity contribution is 5.87. The van der Waals surface area contributed by atoms with Crippen LogP contribution in [0.4, 0.5) is 9.59 Å². The molecule has 0 aliphatic carbocycles. The van der Waals surface area contributed by atoms with Crippen LogP contribution in [0.3, 0.4) is 0 Å². The fourth-order valence-electron chi connectivity index (χ4n) is 5.18. The summed E-state index contributed by atoms with van der Waals surface area (Å²) in [5.41, 5.74) is 1.64. The lowest BCUT2D eigenvalue weighted by atomic mass is 9.93. The summed E-state index contributed by atoms with van der Waals surface area (Å²) < 4.78 is 10.7. The Kier molecular flexibility index (Phi) is 18.1. The number of hydrogen-bond donors (Lipinski definition) is 5. The van der Waals surface area contributed by atoms with E-state index < -0.39 is 54.3 Å². The van der Waals surface area contributed by atoms with Crippen LogP contribution in [0.5, 0.6) is 0 Å². The van der Waals surface area contributed by atoms with Gasteiger partial charge in [-0.25, -0.2) is 9.59 Å². The van der Waals surface area contributed by atoms with Gasteiger partial charge in [0, 0.05) is 0 Å². The van der Waals surface area contributed by atoms with Gasteiger partial charge >= 0.3 is 12.2 Å². The Morgan fingerprint density at radius 2 is 0.958 bits per heavy atom. The van der Waals surface area contributed by atoms with Gasteiger partial charge in [-0.1, -0.05) is 128 Å². The summed E-state index contributed by atoms with van der Waals surface area (Å²) in [6.07, 6.45) is 1.44. The molecule has 0 spiro atoms. The monoisotopic (exact) mass is 668 g/mol. The topological polar surface area (TPSA) is 155 Å². The minimum Gasteiger partial charge on any atom is -0.445 e. The third kappa shape index (κ3) is 14.3. The number of unbranched alkanes of at least 4 members (excludes halogenated alkanes) is 2. The predicted octanol–water partition coefficient (Wildman–Crippen LogP) is 5.60. The quantitative estimate of drug-likeness (QED) is 0.123. The van der Waals surface area contributed by atoms with Crippen LogP contribution in [0, 0.1) is 11.8 Å². The Morgan fingerprint density at radius 1 is 0.604 bits per heavy atom. The van der Waals surface area contributed by atoms with E-state index in [1.54, 1.807) is 0 Å². The molecule has 2 rings (SSSR count). The Hall–Kier alpha value is -4.12. The van der Waals surface area contributed by atoms with Gasteiger partial charge in [0.1, 0.15) is 25.3 Å². The second kappa shape index (κ2) is 21.7. The van der Waals surface area contributed by atoms with Gasteiger partial charge in [-0.05, 0) is 35.8 Å². The zero-order chi connectivity index (χ0) is 35.5. The lowest BCUT2D eigenvalue weighted by molar-refractivity contribution is -0.127. The van der Waals surface area contributed by atoms with Gasteiger partial charge < -0.3 is 35.8 Å². The van der Waals surface area contributed by atoms with E-state index in [0.29, 0.717) is 12.8 Å². The summed E-state index contributed by atoms with van der Waals surface area (Å²) in [6, 6.07) is 15.2. The van der Waals surface area contributed by atoms with Crippen LogP contribution in [0.25, 0.3) is 0 Å². The van der Waals surface area contributed by atoms with E-state index in [4.69, 9.17) is 9.47 Å². The third-order valence-electron chi connectivity index (χ3n) is 8.09. The van der Waals surface area contributed by atoms with Crippen LogP contribution in [-0.4, -0.2) is 59.4 Å². The molecular formula is C37H56N4O7. The van der Waals surface area contributed by atoms with Crippen molar-refractivity contribution in [1.29, 1.82) is 0 Å². The number of carbonyl (C=O) groups is 4. The summed E-state index contributed by atoms with van der Waals surface area (Å²) in [7, 11) is 0. The molecule has 0 aromatic heterocycles. The first-order valence-electron chi connectivity index (χ1n) is 17.2. The second-order valence-electron chi connectivity index (χ2n) is 12.9. The van der Waals surface area contributed by atoms with Crippen molar-refractivity contribution in [1.82, 2.24) is 21.3 Å². The van der Waals surface area contributed by atoms with Gasteiger partial charge in [-0.15, -0.1) is 0 Å². The molecule has 48 heavy (non-hydrogen) atoms. The van der Waals surface area contributed by atoms with Crippen LogP contribution in [-0.2, 0) is 32.3 Å². The Labute approximate surface area is 285 Å². The molecule has 0 fully saturated rings. The highest BCUT2D eigenvalue weighted by Gasteiger charge is 2.35. The third-order valence-corrected chi connectivity index (χ3v) is 8.09. The van der Waals surface area contributed by atoms with Crippen molar-refractivity contribution in [3.05, 3.63) is 71.8 Å². The van der Waals surface area contributed by atoms with Gasteiger partial charge in [-0.2, -0.15) is 0 Å². The van der Waals surface area contributed by atoms with Crippen LogP contribution in [0.2, 0.25) is 0 Å². The van der Waals surface area contributed by atoms with E-state index in [2.05, 4.69) is 21.3 Å². The molecule has 4 atom stereocenters. The van der Waals surface area contributed by atoms with Crippen LogP contribution >= 0.6 is 0 Å². The number of amides is 4. The fourth-order valence-corrected chi connectivity index (χ4v) is 5.18. The number of aliphatic hydroxyl groups excluding tert-OH is 1. The SMILES string of the molecule is CCCCC(NC(=O)[C@@H](NC(=O)OCc1ccccc1)C(C)C)C(O)C(CCCC)NC(=O)[C@@H](NC(=O)OCc1ccccc1)C(C)C. The van der Waals surface area contributed by atoms with Crippen LogP contribution < -0.4 is 21.3 Å². The molecule has 5 N–H and O–H groups in total. The highest BCUT2D eigenvalue weighted by Crippen LogP contribution is 2.16. The van der Waals surface area contributed by atoms with Gasteiger partial charge in [0.15, 0.2) is 0 Å². The first-order chi connectivity index (χ1) is 23.0. The van der Waals surface area contributed by atoms with Crippen molar-refractivity contribution in [3.8, 4) is 0 Å². The molecule has 0 saturated heterocycles. The molecule has 266 valence electrons. The molecule has 0 heterocycles. The van der Waals surface area contributed by atoms with Crippen molar-refractivity contribution in [2.75, 3.05) is 0 Å². The largest absolute Gasteiger partial charge is 0.445 e. The Balaban J connectivity index is 2.13. The van der Waals surface area contributed by atoms with Crippen molar-refractivity contribution in [3.63, 3.8) is 0 Å². The Bertz CT molecular complexity index is 1150. The van der Waals surface area contributed by atoms with E-state index in [-0.39, 0.29) is 25.0 Å². The molecule has 0 bridgehead atoms. The summed E-state index contributed by atoms with van der Waals surface area (Å²) in [6.45, 7) is 11.4. The smallest absolute Gasteiger partial charge is 0.408 e. The highest BCUT2D eigenvalue weighted by atomic mass is 16.6. The van der Waals surface area contributed by atoms with Crippen molar-refractivity contribution in [2.24, 2.45) is 11.8 Å². The van der Waals surface area contributed by atoms with E-state index in [0.717, 1.165) is 36.8 Å². The zero-order valence-corrected chi connectivity index (χ0v) is 29.4. The van der Waals surface area contributed by atoms with E-state index in [1.165, 1.54) is 0 Å². The standard InChI is InChI=1S/C37H56N4O7/c1-7-9-21-29(38-34(43)31(25(3)4)40-36(45)47-23-27-17-13-11-14-18-27)33(42)30(22-10-8-2)39-35(44)32(26(5)6)41-37(46)48-24-28-19-15-12-16-20-28/h11-20,25-26,29-33,42H,7-10,21-24H2,1-6H3,(H,38,43)(H,39,44)(H,40,45)(H,41,46)/t29?,30?,31-,32-,33?/m0/s1. The average Bonchev–Trinajstić information content (AvgIpc) is 3.07. The second-order valence-corrected chi connectivity index (χ2v) is 12.9. The maximum Gasteiger partial charge on any atom is 0.408 e. The van der Waals surface area contributed by atoms with Crippen molar-refractivity contribution in [2.45, 2.75) is 124 Å². The fraction of sp³-hybridized carbons (Fsp3) is 0.568. The molecule has 0 aliphatic rings. The summed E-state index contributed by atoms with van der Waals surface area (Å²) in [4.78, 5) is 52.4. The minimum atomic E-state index is -1.13. The lowest BCUT2D eigenvalue weighted by Crippen LogP contribution is -2.60. The average molecular weight is 669 g/mol. The van der Waals surface area contributed by atoms with E-state index in [1.807, 2.05) is 102 Å². The number of hydrogen-bond acceptors (Lipinski definition) is 7. The van der Waals surface area contributed by atoms with Crippen LogP contribution in [0.1, 0.15) is 91.2 Å². The lowest BCUT2D eigenvalue weighted by Gasteiger charge is -2.34. The maximum absolute atomic E-state index is 13.6. The van der Waals surface area contributed by atoms with Crippen molar-refractivity contribution < 1.29 is 33.8 Å². The number of rotatable bonds is 20. The molecule has 11 heteroatoms. The zero-order valence-electron chi connectivity index (χ0n) is 29.4. The number of nitrogens with one attached hydrogen (secondary N) is 4. The molecule has 0 radical (unpaired) electrons. The molecule has 2 aromatic rings. The summed E-state index contributed by atoms with van der Waals surface area (Å²) in [5.74, 6) is -1.45. The number of ether oxygens (including phenoxy) is 2. The molecule has 0 aliphatic heterocycles. The molecular weight excluding hydrogens is 612 g/mol. The molecule has 2 unspecified atom stereocenters. The first-order valence-corrected chi connectivity index (χ1v) is 17.2. The van der Waals surface area contributed by atoms with Gasteiger partial charge in [0.2, 0.25) is 11.8 Å². The van der Waals surface area contributed by atoms with Crippen molar-refractivity contribution >= 4 is 24.0 Å². The van der Waals surface area contributed by atoms with E-state index in [9.17, 15) is 24.3 Å². The van der Waals surface area contributed by atoms with Gasteiger partial charge in [-0.3, -0.25) is 9.59 Å². The number of benzene rings is 2. The normalized spacial score (nSPS) is 14.3. The summed E-state index contributed by atoms with van der Waals surface area (Å²) >= 11 is 0. The molecule has 4 amide bonds. The maximum atomic E-state index is 13.6. The van der Waals surface area contributed by atoms with Gasteiger partial charge in [0.05, 0.1) is 18.2 Å². The summed E-state index contributed by atoms with van der Waals surface area (Å²) in [5, 5.41) is 23.0.